The molecule has 0 spiro atoms. The fraction of sp³-hybridized carbons (Fsp3) is 0.389. The molecule has 43 heavy (non-hydrogen) atoms. The second kappa shape index (κ2) is 11.8. The van der Waals surface area contributed by atoms with Gasteiger partial charge in [-0.05, 0) is 92.5 Å². The number of anilines is 1. The van der Waals surface area contributed by atoms with E-state index in [9.17, 15) is 10.1 Å². The molecule has 2 aliphatic carbocycles. The van der Waals surface area contributed by atoms with Crippen LogP contribution in [0.4, 0.5) is 10.5 Å². The Morgan fingerprint density at radius 1 is 0.953 bits per heavy atom. The van der Waals surface area contributed by atoms with E-state index >= 15 is 0 Å². The number of aromatic nitrogens is 1. The number of nitrogens with zero attached hydrogens (tertiary/aromatic N) is 2. The number of ether oxygens (including phenoxy) is 3. The van der Waals surface area contributed by atoms with Gasteiger partial charge in [-0.1, -0.05) is 24.3 Å². The van der Waals surface area contributed by atoms with Crippen LogP contribution in [-0.2, 0) is 9.47 Å². The van der Waals surface area contributed by atoms with Gasteiger partial charge < -0.3 is 18.8 Å². The fourth-order valence-electron chi connectivity index (χ4n) is 6.35. The topological polar surface area (TPSA) is 85.5 Å². The van der Waals surface area contributed by atoms with E-state index < -0.39 is 6.09 Å². The largest absolute Gasteiger partial charge is 0.490 e. The molecular weight excluding hydrogens is 538 g/mol. The number of rotatable bonds is 8. The summed E-state index contributed by atoms with van der Waals surface area (Å²) in [7, 11) is 0. The highest BCUT2D eigenvalue weighted by atomic mass is 16.6. The highest BCUT2D eigenvalue weighted by molar-refractivity contribution is 6.05. The summed E-state index contributed by atoms with van der Waals surface area (Å²) >= 11 is 0. The number of amides is 1. The highest BCUT2D eigenvalue weighted by Crippen LogP contribution is 2.47. The van der Waals surface area contributed by atoms with Gasteiger partial charge >= 0.3 is 6.09 Å². The first kappa shape index (κ1) is 27.5. The molecule has 7 heteroatoms. The molecule has 1 aromatic heterocycles. The molecule has 4 aromatic rings. The molecule has 3 fully saturated rings. The maximum Gasteiger partial charge on any atom is 0.411 e. The van der Waals surface area contributed by atoms with E-state index in [4.69, 9.17) is 14.2 Å². The zero-order valence-electron chi connectivity index (χ0n) is 24.6. The summed E-state index contributed by atoms with van der Waals surface area (Å²) in [5.41, 5.74) is 6.92. The third-order valence-electron chi connectivity index (χ3n) is 9.17. The number of carbonyl (C=O) groups excluding carboxylic acids is 1. The lowest BCUT2D eigenvalue weighted by molar-refractivity contribution is 0.0256. The number of nitrogens with one attached hydrogen (secondary N) is 1. The van der Waals surface area contributed by atoms with Crippen LogP contribution in [0, 0.1) is 17.2 Å². The average molecular weight is 576 g/mol. The molecule has 2 saturated carbocycles. The van der Waals surface area contributed by atoms with Gasteiger partial charge in [-0.15, -0.1) is 0 Å². The SMILES string of the molecule is CC(OC(=O)Nc1ccc(-c2c(-c3ccc(C#N)cc3)c3ccc(OC4CCOCC4)cc3n2C2CCC2)cc1)C1CC1. The standard InChI is InChI=1S/C36H37N3O4/c1-23(25-9-10-25)42-36(40)38-28-13-11-27(12-14-28)35-34(26-7-5-24(22-37)6-8-26)32-16-15-31(43-30-17-19-41-20-18-30)21-33(32)39(35)29-3-2-4-29/h5-8,11-16,21,23,25,29-30H,2-4,9-10,17-20H2,1H3,(H,38,40). The predicted octanol–water partition coefficient (Wildman–Crippen LogP) is 8.48. The van der Waals surface area contributed by atoms with E-state index in [-0.39, 0.29) is 12.2 Å². The van der Waals surface area contributed by atoms with E-state index in [1.165, 1.54) is 6.42 Å². The van der Waals surface area contributed by atoms with Crippen molar-refractivity contribution < 1.29 is 19.0 Å². The third-order valence-corrected chi connectivity index (χ3v) is 9.17. The molecule has 0 bridgehead atoms. The van der Waals surface area contributed by atoms with Crippen LogP contribution in [-0.4, -0.2) is 36.1 Å². The molecule has 220 valence electrons. The van der Waals surface area contributed by atoms with Gasteiger partial charge in [-0.2, -0.15) is 5.26 Å². The lowest BCUT2D eigenvalue weighted by Crippen LogP contribution is -2.25. The van der Waals surface area contributed by atoms with Crippen molar-refractivity contribution in [3.8, 4) is 34.2 Å². The Kier molecular flexibility index (Phi) is 7.54. The molecule has 3 aromatic carbocycles. The van der Waals surface area contributed by atoms with Gasteiger partial charge in [0.1, 0.15) is 18.0 Å². The van der Waals surface area contributed by atoms with Crippen molar-refractivity contribution in [1.82, 2.24) is 4.57 Å². The second-order valence-electron chi connectivity index (χ2n) is 12.1. The Hall–Kier alpha value is -4.28. The summed E-state index contributed by atoms with van der Waals surface area (Å²) in [6, 6.07) is 25.0. The van der Waals surface area contributed by atoms with E-state index in [1.807, 2.05) is 43.3 Å². The van der Waals surface area contributed by atoms with Crippen molar-refractivity contribution in [3.05, 3.63) is 72.3 Å². The maximum atomic E-state index is 12.5. The van der Waals surface area contributed by atoms with Crippen LogP contribution in [0.1, 0.15) is 63.5 Å². The predicted molar refractivity (Wildman–Crippen MR) is 167 cm³/mol. The van der Waals surface area contributed by atoms with Crippen molar-refractivity contribution in [2.45, 2.75) is 70.1 Å². The molecule has 1 amide bonds. The van der Waals surface area contributed by atoms with E-state index in [0.717, 1.165) is 90.8 Å². The van der Waals surface area contributed by atoms with Crippen LogP contribution in [0.25, 0.3) is 33.3 Å². The third kappa shape index (κ3) is 5.72. The van der Waals surface area contributed by atoms with Crippen LogP contribution < -0.4 is 10.1 Å². The van der Waals surface area contributed by atoms with Crippen molar-refractivity contribution in [2.24, 2.45) is 5.92 Å². The molecule has 1 N–H and O–H groups in total. The number of fused-ring (bicyclic) bond motifs is 1. The number of carbonyl (C=O) groups is 1. The number of hydrogen-bond donors (Lipinski definition) is 1. The van der Waals surface area contributed by atoms with E-state index in [1.54, 1.807) is 0 Å². The number of hydrogen-bond acceptors (Lipinski definition) is 5. The summed E-state index contributed by atoms with van der Waals surface area (Å²) in [4.78, 5) is 12.5. The van der Waals surface area contributed by atoms with Crippen molar-refractivity contribution in [2.75, 3.05) is 18.5 Å². The van der Waals surface area contributed by atoms with Crippen LogP contribution in [0.2, 0.25) is 0 Å². The van der Waals surface area contributed by atoms with Gasteiger partial charge in [-0.25, -0.2) is 4.79 Å². The molecule has 3 aliphatic rings. The normalized spacial score (nSPS) is 18.0. The van der Waals surface area contributed by atoms with Gasteiger partial charge in [0.15, 0.2) is 0 Å². The zero-order valence-corrected chi connectivity index (χ0v) is 24.6. The maximum absolute atomic E-state index is 12.5. The second-order valence-corrected chi connectivity index (χ2v) is 12.1. The van der Waals surface area contributed by atoms with Crippen LogP contribution in [0.15, 0.2) is 66.7 Å². The molecule has 7 rings (SSSR count). The minimum absolute atomic E-state index is 0.0623. The average Bonchev–Trinajstić information content (AvgIpc) is 3.81. The van der Waals surface area contributed by atoms with E-state index in [0.29, 0.717) is 23.2 Å². The molecule has 1 atom stereocenters. The summed E-state index contributed by atoms with van der Waals surface area (Å²) < 4.78 is 20.1. The summed E-state index contributed by atoms with van der Waals surface area (Å²) in [5, 5.41) is 13.5. The Labute approximate surface area is 252 Å². The quantitative estimate of drug-likeness (QED) is 0.228. The first-order valence-electron chi connectivity index (χ1n) is 15.6. The molecule has 1 aliphatic heterocycles. The minimum atomic E-state index is -0.411. The van der Waals surface area contributed by atoms with Gasteiger partial charge in [0.2, 0.25) is 0 Å². The fourth-order valence-corrected chi connectivity index (χ4v) is 6.35. The molecule has 1 saturated heterocycles. The molecule has 2 heterocycles. The Morgan fingerprint density at radius 2 is 1.67 bits per heavy atom. The van der Waals surface area contributed by atoms with Gasteiger partial charge in [0.05, 0.1) is 36.1 Å². The van der Waals surface area contributed by atoms with Crippen molar-refractivity contribution in [3.63, 3.8) is 0 Å². The Morgan fingerprint density at radius 3 is 2.33 bits per heavy atom. The van der Waals surface area contributed by atoms with Crippen LogP contribution in [0.5, 0.6) is 5.75 Å². The summed E-state index contributed by atoms with van der Waals surface area (Å²) in [6.45, 7) is 3.44. The molecule has 7 nitrogen and oxygen atoms in total. The van der Waals surface area contributed by atoms with Gasteiger partial charge in [0.25, 0.3) is 0 Å². The first-order chi connectivity index (χ1) is 21.1. The van der Waals surface area contributed by atoms with Crippen molar-refractivity contribution >= 4 is 22.7 Å². The van der Waals surface area contributed by atoms with Gasteiger partial charge in [0, 0.05) is 41.6 Å². The van der Waals surface area contributed by atoms with Gasteiger partial charge in [-0.3, -0.25) is 5.32 Å². The number of benzene rings is 3. The molecular formula is C36H37N3O4. The lowest BCUT2D eigenvalue weighted by atomic mass is 9.91. The lowest BCUT2D eigenvalue weighted by Gasteiger charge is -2.30. The minimum Gasteiger partial charge on any atom is -0.490 e. The van der Waals surface area contributed by atoms with Crippen molar-refractivity contribution in [1.29, 1.82) is 5.26 Å². The smallest absolute Gasteiger partial charge is 0.411 e. The molecule has 0 radical (unpaired) electrons. The first-order valence-corrected chi connectivity index (χ1v) is 15.6. The van der Waals surface area contributed by atoms with Crippen LogP contribution >= 0.6 is 0 Å². The number of nitriles is 1. The zero-order chi connectivity index (χ0) is 29.3. The summed E-state index contributed by atoms with van der Waals surface area (Å²) in [5.74, 6) is 1.37. The Bertz CT molecular complexity index is 1650. The summed E-state index contributed by atoms with van der Waals surface area (Å²) in [6.07, 6.45) is 7.20. The molecule has 1 unspecified atom stereocenters. The van der Waals surface area contributed by atoms with Crippen LogP contribution in [0.3, 0.4) is 0 Å². The monoisotopic (exact) mass is 575 g/mol. The Balaban J connectivity index is 1.29. The highest BCUT2D eigenvalue weighted by Gasteiger charge is 2.31. The van der Waals surface area contributed by atoms with E-state index in [2.05, 4.69) is 46.3 Å².